The summed E-state index contributed by atoms with van der Waals surface area (Å²) in [6.07, 6.45) is 0. The maximum absolute atomic E-state index is 2.30. The van der Waals surface area contributed by atoms with Crippen LogP contribution in [-0.2, 0) is 0 Å². The summed E-state index contributed by atoms with van der Waals surface area (Å²) in [6.45, 7) is 23.3. The molecule has 0 unspecified atom stereocenters. The van der Waals surface area contributed by atoms with Crippen molar-refractivity contribution in [3.63, 3.8) is 0 Å². The molecule has 0 amide bonds. The quantitative estimate of drug-likeness (QED) is 0.467. The second kappa shape index (κ2) is 21.9. The molecule has 18 heavy (non-hydrogen) atoms. The number of aryl methyl sites for hydroxylation is 1. The highest BCUT2D eigenvalue weighted by Gasteiger charge is 2.03. The van der Waals surface area contributed by atoms with Crippen molar-refractivity contribution in [3.8, 4) is 0 Å². The lowest BCUT2D eigenvalue weighted by molar-refractivity contribution is 1.48. The lowest BCUT2D eigenvalue weighted by atomic mass is 10.2. The average molecular weight is 273 g/mol. The summed E-state index contributed by atoms with van der Waals surface area (Å²) in [5, 5.41) is 0. The molecule has 1 rings (SSSR count). The topological polar surface area (TPSA) is 0 Å². The summed E-state index contributed by atoms with van der Waals surface area (Å²) in [5.74, 6) is 0. The first-order valence-corrected chi connectivity index (χ1v) is 10.8. The van der Waals surface area contributed by atoms with E-state index >= 15 is 0 Å². The molecular weight excluding hydrogens is 235 g/mol. The van der Waals surface area contributed by atoms with Crippen LogP contribution in [0, 0.1) is 6.92 Å². The minimum atomic E-state index is -0.389. The number of hydrogen-bond acceptors (Lipinski definition) is 0. The fourth-order valence-corrected chi connectivity index (χ4v) is 0.534. The Kier molecular flexibility index (Phi) is 31.9. The highest BCUT2D eigenvalue weighted by molar-refractivity contribution is 7.73. The third-order valence-electron chi connectivity index (χ3n) is 0.940. The van der Waals surface area contributed by atoms with E-state index in [4.69, 9.17) is 0 Å². The first kappa shape index (κ1) is 26.3. The van der Waals surface area contributed by atoms with Crippen LogP contribution in [0.1, 0.15) is 47.1 Å². The van der Waals surface area contributed by atoms with E-state index in [-0.39, 0.29) is 7.26 Å². The minimum Gasteiger partial charge on any atom is -0.0683 e. The molecule has 0 N–H and O–H groups in total. The van der Waals surface area contributed by atoms with Gasteiger partial charge in [0.15, 0.2) is 0 Å². The fourth-order valence-electron chi connectivity index (χ4n) is 0.534. The van der Waals surface area contributed by atoms with Gasteiger partial charge in [-0.3, -0.25) is 0 Å². The largest absolute Gasteiger partial charge is 0.0683 e. The molecule has 1 aromatic rings. The predicted molar refractivity (Wildman–Crippen MR) is 95.8 cm³/mol. The number of benzene rings is 1. The molecule has 0 aliphatic rings. The van der Waals surface area contributed by atoms with Gasteiger partial charge in [-0.15, -0.1) is 0 Å². The third-order valence-corrected chi connectivity index (χ3v) is 0.940. The van der Waals surface area contributed by atoms with E-state index in [0.29, 0.717) is 0 Å². The molecule has 1 aromatic carbocycles. The summed E-state index contributed by atoms with van der Waals surface area (Å²) in [7, 11) is -0.389. The summed E-state index contributed by atoms with van der Waals surface area (Å²) in [6, 6.07) is 10.3. The first-order chi connectivity index (χ1) is 8.39. The van der Waals surface area contributed by atoms with Crippen molar-refractivity contribution in [1.29, 1.82) is 0 Å². The molecule has 0 saturated heterocycles. The summed E-state index contributed by atoms with van der Waals surface area (Å²) in [5.41, 5.74) is 1.32. The van der Waals surface area contributed by atoms with E-state index in [9.17, 15) is 0 Å². The van der Waals surface area contributed by atoms with Crippen molar-refractivity contribution in [2.24, 2.45) is 0 Å². The smallest absolute Gasteiger partial charge is 0.0481 e. The van der Waals surface area contributed by atoms with Gasteiger partial charge in [0.05, 0.1) is 0 Å². The molecule has 1 heteroatoms. The van der Waals surface area contributed by atoms with Crippen LogP contribution in [0.2, 0.25) is 0 Å². The molecule has 0 aliphatic carbocycles. The Morgan fingerprint density at radius 2 is 0.833 bits per heavy atom. The van der Waals surface area contributed by atoms with Crippen LogP contribution < -0.4 is 0 Å². The zero-order chi connectivity index (χ0) is 15.6. The van der Waals surface area contributed by atoms with Gasteiger partial charge in [0.1, 0.15) is 0 Å². The standard InChI is InChI=1S/C7H8.C4H12P.3C2H6/c1-7-5-3-2-4-6-7;1-5(2,3)4;3*1-2/h2-6H,1H3;1-4H3;3*1-2H3/q;+1;;;. The normalized spacial score (nSPS) is 7.72. The predicted octanol–water partition coefficient (Wildman–Crippen LogP) is 6.60. The van der Waals surface area contributed by atoms with Crippen molar-refractivity contribution in [2.75, 3.05) is 26.7 Å². The second-order valence-corrected chi connectivity index (χ2v) is 9.70. The van der Waals surface area contributed by atoms with Crippen molar-refractivity contribution in [1.82, 2.24) is 0 Å². The van der Waals surface area contributed by atoms with E-state index < -0.39 is 0 Å². The van der Waals surface area contributed by atoms with E-state index in [2.05, 4.69) is 45.7 Å². The zero-order valence-corrected chi connectivity index (χ0v) is 15.7. The molecule has 0 saturated carbocycles. The third kappa shape index (κ3) is 57.4. The maximum Gasteiger partial charge on any atom is 0.0481 e. The van der Waals surface area contributed by atoms with Crippen molar-refractivity contribution in [3.05, 3.63) is 35.9 Å². The molecule has 0 atom stereocenters. The monoisotopic (exact) mass is 273 g/mol. The maximum atomic E-state index is 2.30. The van der Waals surface area contributed by atoms with E-state index in [1.165, 1.54) is 5.56 Å². The van der Waals surface area contributed by atoms with Crippen LogP contribution in [-0.4, -0.2) is 26.7 Å². The van der Waals surface area contributed by atoms with Crippen LogP contribution in [0.3, 0.4) is 0 Å². The molecule has 0 heterocycles. The highest BCUT2D eigenvalue weighted by Crippen LogP contribution is 2.40. The molecule has 0 radical (unpaired) electrons. The Morgan fingerprint density at radius 3 is 0.944 bits per heavy atom. The summed E-state index contributed by atoms with van der Waals surface area (Å²) in [4.78, 5) is 0. The number of hydrogen-bond donors (Lipinski definition) is 0. The van der Waals surface area contributed by atoms with Crippen molar-refractivity contribution >= 4 is 7.26 Å². The molecule has 0 fully saturated rings. The van der Waals surface area contributed by atoms with Crippen molar-refractivity contribution < 1.29 is 0 Å². The summed E-state index contributed by atoms with van der Waals surface area (Å²) < 4.78 is 0. The number of rotatable bonds is 0. The van der Waals surface area contributed by atoms with Gasteiger partial charge in [0.2, 0.25) is 0 Å². The SMILES string of the molecule is CC.CC.CC.C[P+](C)(C)C.Cc1ccccc1. The molecular formula is C17H38P+. The first-order valence-electron chi connectivity index (χ1n) is 7.20. The van der Waals surface area contributed by atoms with Crippen LogP contribution in [0.5, 0.6) is 0 Å². The van der Waals surface area contributed by atoms with Gasteiger partial charge in [0, 0.05) is 33.9 Å². The average Bonchev–Trinajstić information content (AvgIpc) is 2.36. The zero-order valence-electron chi connectivity index (χ0n) is 14.8. The minimum absolute atomic E-state index is 0.389. The van der Waals surface area contributed by atoms with Gasteiger partial charge in [0.25, 0.3) is 0 Å². The van der Waals surface area contributed by atoms with Crippen molar-refractivity contribution in [2.45, 2.75) is 48.5 Å². The van der Waals surface area contributed by atoms with Gasteiger partial charge < -0.3 is 0 Å². The van der Waals surface area contributed by atoms with Gasteiger partial charge >= 0.3 is 0 Å². The molecule has 0 aliphatic heterocycles. The van der Waals surface area contributed by atoms with Crippen LogP contribution >= 0.6 is 7.26 Å². The van der Waals surface area contributed by atoms with Crippen LogP contribution in [0.15, 0.2) is 30.3 Å². The molecule has 110 valence electrons. The van der Waals surface area contributed by atoms with Gasteiger partial charge in [-0.1, -0.05) is 77.4 Å². The highest BCUT2D eigenvalue weighted by atomic mass is 31.2. The van der Waals surface area contributed by atoms with E-state index in [1.807, 2.05) is 59.7 Å². The van der Waals surface area contributed by atoms with E-state index in [0.717, 1.165) is 0 Å². The Bertz CT molecular complexity index is 191. The lowest BCUT2D eigenvalue weighted by Crippen LogP contribution is -1.74. The second-order valence-electron chi connectivity index (χ2n) is 4.34. The Balaban J connectivity index is -0.0000000792. The fraction of sp³-hybridized carbons (Fsp3) is 0.647. The Morgan fingerprint density at radius 1 is 0.611 bits per heavy atom. The van der Waals surface area contributed by atoms with Gasteiger partial charge in [-0.2, -0.15) is 0 Å². The van der Waals surface area contributed by atoms with Gasteiger partial charge in [-0.25, -0.2) is 0 Å². The molecule has 0 aromatic heterocycles. The lowest BCUT2D eigenvalue weighted by Gasteiger charge is -1.97. The van der Waals surface area contributed by atoms with Gasteiger partial charge in [-0.05, 0) is 6.92 Å². The molecule has 0 spiro atoms. The Labute approximate surface area is 119 Å². The van der Waals surface area contributed by atoms with E-state index in [1.54, 1.807) is 0 Å². The summed E-state index contributed by atoms with van der Waals surface area (Å²) >= 11 is 0. The van der Waals surface area contributed by atoms with Crippen LogP contribution in [0.4, 0.5) is 0 Å². The molecule has 0 nitrogen and oxygen atoms in total. The Hall–Kier alpha value is -0.350. The molecule has 0 bridgehead atoms. The van der Waals surface area contributed by atoms with Crippen LogP contribution in [0.25, 0.3) is 0 Å².